The van der Waals surface area contributed by atoms with Crippen molar-refractivity contribution >= 4 is 11.9 Å². The summed E-state index contributed by atoms with van der Waals surface area (Å²) in [7, 11) is 0. The van der Waals surface area contributed by atoms with E-state index < -0.39 is 11.4 Å². The molecule has 0 aliphatic carbocycles. The lowest BCUT2D eigenvalue weighted by atomic mass is 9.90. The van der Waals surface area contributed by atoms with Crippen LogP contribution in [0.5, 0.6) is 0 Å². The van der Waals surface area contributed by atoms with Crippen molar-refractivity contribution in [2.24, 2.45) is 5.41 Å². The standard InChI is InChI=1S/C17H20N4O3/c1-11-8-12(2)21(19-11)14-5-4-13(9-18-14)15(22)20-7-6-17(3,10-20)16(23)24/h4-5,8-9H,6-7,10H2,1-3H3,(H,23,24). The Labute approximate surface area is 139 Å². The molecule has 7 nitrogen and oxygen atoms in total. The Morgan fingerprint density at radius 1 is 1.29 bits per heavy atom. The van der Waals surface area contributed by atoms with Gasteiger partial charge in [0.2, 0.25) is 0 Å². The summed E-state index contributed by atoms with van der Waals surface area (Å²) in [5, 5.41) is 13.6. The van der Waals surface area contributed by atoms with Crippen LogP contribution in [0.4, 0.5) is 0 Å². The van der Waals surface area contributed by atoms with Gasteiger partial charge in [0.1, 0.15) is 0 Å². The number of aryl methyl sites for hydroxylation is 2. The van der Waals surface area contributed by atoms with Crippen molar-refractivity contribution in [1.82, 2.24) is 19.7 Å². The summed E-state index contributed by atoms with van der Waals surface area (Å²) in [5.41, 5.74) is 1.46. The zero-order valence-corrected chi connectivity index (χ0v) is 14.0. The molecule has 1 aliphatic rings. The largest absolute Gasteiger partial charge is 0.481 e. The second kappa shape index (κ2) is 5.74. The predicted octanol–water partition coefficient (Wildman–Crippen LogP) is 1.82. The van der Waals surface area contributed by atoms with Crippen molar-refractivity contribution < 1.29 is 14.7 Å². The smallest absolute Gasteiger partial charge is 0.311 e. The molecule has 1 amide bonds. The maximum atomic E-state index is 12.5. The monoisotopic (exact) mass is 328 g/mol. The minimum Gasteiger partial charge on any atom is -0.481 e. The zero-order valence-electron chi connectivity index (χ0n) is 14.0. The highest BCUT2D eigenvalue weighted by Gasteiger charge is 2.42. The van der Waals surface area contributed by atoms with Crippen LogP contribution in [0.3, 0.4) is 0 Å². The van der Waals surface area contributed by atoms with Gasteiger partial charge in [-0.05, 0) is 45.4 Å². The number of hydrogen-bond acceptors (Lipinski definition) is 4. The van der Waals surface area contributed by atoms with E-state index in [1.165, 1.54) is 6.20 Å². The van der Waals surface area contributed by atoms with Crippen LogP contribution in [0, 0.1) is 19.3 Å². The number of nitrogens with zero attached hydrogens (tertiary/aromatic N) is 4. The molecule has 0 radical (unpaired) electrons. The van der Waals surface area contributed by atoms with Crippen molar-refractivity contribution in [3.8, 4) is 5.82 Å². The summed E-state index contributed by atoms with van der Waals surface area (Å²) in [4.78, 5) is 29.8. The molecule has 2 aromatic rings. The first-order valence-corrected chi connectivity index (χ1v) is 7.82. The van der Waals surface area contributed by atoms with E-state index in [1.54, 1.807) is 28.6 Å². The molecule has 1 aliphatic heterocycles. The van der Waals surface area contributed by atoms with E-state index in [2.05, 4.69) is 10.1 Å². The maximum absolute atomic E-state index is 12.5. The number of aromatic nitrogens is 3. The first kappa shape index (κ1) is 16.2. The van der Waals surface area contributed by atoms with Gasteiger partial charge < -0.3 is 10.0 Å². The van der Waals surface area contributed by atoms with Gasteiger partial charge in [0.05, 0.1) is 16.7 Å². The first-order chi connectivity index (χ1) is 11.3. The lowest BCUT2D eigenvalue weighted by Crippen LogP contribution is -2.34. The van der Waals surface area contributed by atoms with Gasteiger partial charge in [-0.15, -0.1) is 0 Å². The van der Waals surface area contributed by atoms with Gasteiger partial charge in [0, 0.05) is 25.0 Å². The molecule has 0 aromatic carbocycles. The SMILES string of the molecule is Cc1cc(C)n(-c2ccc(C(=O)N3CCC(C)(C(=O)O)C3)cn2)n1. The van der Waals surface area contributed by atoms with Crippen LogP contribution in [0.15, 0.2) is 24.4 Å². The van der Waals surface area contributed by atoms with Crippen LogP contribution in [0.25, 0.3) is 5.82 Å². The highest BCUT2D eigenvalue weighted by molar-refractivity contribution is 5.94. The summed E-state index contributed by atoms with van der Waals surface area (Å²) in [6.45, 7) is 6.19. The summed E-state index contributed by atoms with van der Waals surface area (Å²) < 4.78 is 1.72. The molecular weight excluding hydrogens is 308 g/mol. The van der Waals surface area contributed by atoms with Crippen molar-refractivity contribution in [1.29, 1.82) is 0 Å². The summed E-state index contributed by atoms with van der Waals surface area (Å²) in [6, 6.07) is 5.41. The van der Waals surface area contributed by atoms with E-state index in [-0.39, 0.29) is 12.5 Å². The summed E-state index contributed by atoms with van der Waals surface area (Å²) in [5.74, 6) is -0.405. The number of likely N-dealkylation sites (tertiary alicyclic amines) is 1. The lowest BCUT2D eigenvalue weighted by molar-refractivity contribution is -0.147. The van der Waals surface area contributed by atoms with E-state index in [4.69, 9.17) is 0 Å². The van der Waals surface area contributed by atoms with Crippen LogP contribution < -0.4 is 0 Å². The highest BCUT2D eigenvalue weighted by Crippen LogP contribution is 2.31. The fourth-order valence-electron chi connectivity index (χ4n) is 2.99. The van der Waals surface area contributed by atoms with Crippen LogP contribution in [-0.4, -0.2) is 49.7 Å². The number of pyridine rings is 1. The number of aliphatic carboxylic acids is 1. The minimum atomic E-state index is -0.868. The Balaban J connectivity index is 1.78. The van der Waals surface area contributed by atoms with Crippen molar-refractivity contribution in [3.05, 3.63) is 41.3 Å². The van der Waals surface area contributed by atoms with Crippen molar-refractivity contribution in [2.45, 2.75) is 27.2 Å². The molecule has 24 heavy (non-hydrogen) atoms. The first-order valence-electron chi connectivity index (χ1n) is 7.82. The molecule has 1 unspecified atom stereocenters. The van der Waals surface area contributed by atoms with Crippen LogP contribution in [0.2, 0.25) is 0 Å². The van der Waals surface area contributed by atoms with E-state index in [0.717, 1.165) is 11.4 Å². The third-order valence-corrected chi connectivity index (χ3v) is 4.50. The van der Waals surface area contributed by atoms with E-state index in [1.807, 2.05) is 19.9 Å². The molecule has 1 atom stereocenters. The van der Waals surface area contributed by atoms with Crippen molar-refractivity contribution in [2.75, 3.05) is 13.1 Å². The molecule has 3 heterocycles. The van der Waals surface area contributed by atoms with Gasteiger partial charge in [0.25, 0.3) is 5.91 Å². The number of rotatable bonds is 3. The number of amides is 1. The highest BCUT2D eigenvalue weighted by atomic mass is 16.4. The fraction of sp³-hybridized carbons (Fsp3) is 0.412. The normalized spacial score (nSPS) is 20.4. The molecule has 126 valence electrons. The quantitative estimate of drug-likeness (QED) is 0.928. The number of carbonyl (C=O) groups is 2. The summed E-state index contributed by atoms with van der Waals surface area (Å²) >= 11 is 0. The molecule has 0 bridgehead atoms. The molecular formula is C17H20N4O3. The van der Waals surface area contributed by atoms with Crippen LogP contribution >= 0.6 is 0 Å². The number of hydrogen-bond donors (Lipinski definition) is 1. The van der Waals surface area contributed by atoms with E-state index >= 15 is 0 Å². The summed E-state index contributed by atoms with van der Waals surface area (Å²) in [6.07, 6.45) is 1.98. The Kier molecular flexibility index (Phi) is 3.87. The van der Waals surface area contributed by atoms with E-state index in [0.29, 0.717) is 24.3 Å². The van der Waals surface area contributed by atoms with Gasteiger partial charge in [0.15, 0.2) is 5.82 Å². The fourth-order valence-corrected chi connectivity index (χ4v) is 2.99. The number of carboxylic acid groups (broad SMARTS) is 1. The van der Waals surface area contributed by atoms with Gasteiger partial charge >= 0.3 is 5.97 Å². The number of carboxylic acids is 1. The van der Waals surface area contributed by atoms with Gasteiger partial charge in [-0.25, -0.2) is 9.67 Å². The lowest BCUT2D eigenvalue weighted by Gasteiger charge is -2.20. The Morgan fingerprint density at radius 3 is 2.54 bits per heavy atom. The Bertz CT molecular complexity index is 797. The maximum Gasteiger partial charge on any atom is 0.311 e. The Morgan fingerprint density at radius 2 is 2.04 bits per heavy atom. The molecule has 1 fully saturated rings. The second-order valence-electron chi connectivity index (χ2n) is 6.59. The van der Waals surface area contributed by atoms with Crippen LogP contribution in [0.1, 0.15) is 35.1 Å². The minimum absolute atomic E-state index is 0.188. The third kappa shape index (κ3) is 2.77. The molecule has 2 aromatic heterocycles. The number of carbonyl (C=O) groups excluding carboxylic acids is 1. The second-order valence-corrected chi connectivity index (χ2v) is 6.59. The average Bonchev–Trinajstić information content (AvgIpc) is 3.10. The molecule has 0 spiro atoms. The molecule has 1 N–H and O–H groups in total. The predicted molar refractivity (Wildman–Crippen MR) is 87.1 cm³/mol. The molecule has 0 saturated carbocycles. The third-order valence-electron chi connectivity index (χ3n) is 4.50. The van der Waals surface area contributed by atoms with Gasteiger partial charge in [-0.3, -0.25) is 9.59 Å². The van der Waals surface area contributed by atoms with Gasteiger partial charge in [-0.2, -0.15) is 5.10 Å². The Hall–Kier alpha value is -2.70. The van der Waals surface area contributed by atoms with Gasteiger partial charge in [-0.1, -0.05) is 0 Å². The average molecular weight is 328 g/mol. The zero-order chi connectivity index (χ0) is 17.5. The van der Waals surface area contributed by atoms with Crippen LogP contribution in [-0.2, 0) is 4.79 Å². The molecule has 3 rings (SSSR count). The van der Waals surface area contributed by atoms with E-state index in [9.17, 15) is 14.7 Å². The molecule has 7 heteroatoms. The topological polar surface area (TPSA) is 88.3 Å². The van der Waals surface area contributed by atoms with Crippen molar-refractivity contribution in [3.63, 3.8) is 0 Å². The molecule has 1 saturated heterocycles.